The van der Waals surface area contributed by atoms with Gasteiger partial charge in [-0.3, -0.25) is 4.68 Å². The molecule has 3 nitrogen and oxygen atoms in total. The molecule has 0 aliphatic heterocycles. The zero-order chi connectivity index (χ0) is 14.5. The molecule has 0 aliphatic carbocycles. The fourth-order valence-corrected chi connectivity index (χ4v) is 2.85. The zero-order valence-corrected chi connectivity index (χ0v) is 12.7. The summed E-state index contributed by atoms with van der Waals surface area (Å²) in [5.41, 5.74) is 8.43. The fraction of sp³-hybridized carbons (Fsp3) is 0.400. The van der Waals surface area contributed by atoms with Crippen LogP contribution < -0.4 is 5.73 Å². The van der Waals surface area contributed by atoms with Crippen molar-refractivity contribution in [3.8, 4) is 0 Å². The van der Waals surface area contributed by atoms with Crippen LogP contribution in [0.3, 0.4) is 0 Å². The summed E-state index contributed by atoms with van der Waals surface area (Å²) < 4.78 is 14.7. The van der Waals surface area contributed by atoms with E-state index in [4.69, 9.17) is 5.73 Å². The Balaban J connectivity index is 1.87. The van der Waals surface area contributed by atoms with Crippen molar-refractivity contribution in [2.24, 2.45) is 12.8 Å². The van der Waals surface area contributed by atoms with E-state index in [-0.39, 0.29) is 11.9 Å². The van der Waals surface area contributed by atoms with Gasteiger partial charge in [0.2, 0.25) is 0 Å². The van der Waals surface area contributed by atoms with Crippen LogP contribution in [0.15, 0.2) is 35.2 Å². The first kappa shape index (κ1) is 15.1. The molecule has 1 aromatic heterocycles. The molecule has 0 saturated heterocycles. The molecule has 1 atom stereocenters. The van der Waals surface area contributed by atoms with Crippen molar-refractivity contribution in [2.45, 2.75) is 30.7 Å². The van der Waals surface area contributed by atoms with Gasteiger partial charge in [-0.2, -0.15) is 5.10 Å². The molecule has 0 radical (unpaired) electrons. The van der Waals surface area contributed by atoms with Crippen molar-refractivity contribution >= 4 is 11.8 Å². The standard InChI is InChI=1S/C15H20FN3S/c1-3-13-9-14(19(2)18-13)8-12(17)10-20-15-6-4-11(16)5-7-15/h4-7,9,12H,3,8,10,17H2,1-2H3. The first-order chi connectivity index (χ1) is 9.58. The maximum absolute atomic E-state index is 12.8. The van der Waals surface area contributed by atoms with E-state index in [2.05, 4.69) is 18.1 Å². The summed E-state index contributed by atoms with van der Waals surface area (Å²) in [6, 6.07) is 8.69. The monoisotopic (exact) mass is 293 g/mol. The molecule has 2 aromatic rings. The van der Waals surface area contributed by atoms with Crippen LogP contribution in [-0.4, -0.2) is 21.6 Å². The molecule has 108 valence electrons. The van der Waals surface area contributed by atoms with Gasteiger partial charge in [-0.1, -0.05) is 6.92 Å². The zero-order valence-electron chi connectivity index (χ0n) is 11.8. The molecule has 0 bridgehead atoms. The number of nitrogens with zero attached hydrogens (tertiary/aromatic N) is 2. The topological polar surface area (TPSA) is 43.8 Å². The molecule has 0 fully saturated rings. The van der Waals surface area contributed by atoms with Gasteiger partial charge in [0, 0.05) is 35.9 Å². The molecular formula is C15H20FN3S. The number of nitrogens with two attached hydrogens (primary N) is 1. The van der Waals surface area contributed by atoms with Crippen molar-refractivity contribution in [3.05, 3.63) is 47.5 Å². The van der Waals surface area contributed by atoms with Gasteiger partial charge in [-0.25, -0.2) is 4.39 Å². The van der Waals surface area contributed by atoms with Crippen molar-refractivity contribution in [1.82, 2.24) is 9.78 Å². The molecule has 2 N–H and O–H groups in total. The average molecular weight is 293 g/mol. The van der Waals surface area contributed by atoms with Crippen LogP contribution in [0.1, 0.15) is 18.3 Å². The molecule has 1 unspecified atom stereocenters. The Kier molecular flexibility index (Phi) is 5.20. The van der Waals surface area contributed by atoms with Crippen molar-refractivity contribution in [1.29, 1.82) is 0 Å². The molecular weight excluding hydrogens is 273 g/mol. The van der Waals surface area contributed by atoms with Crippen molar-refractivity contribution in [2.75, 3.05) is 5.75 Å². The third-order valence-electron chi connectivity index (χ3n) is 3.14. The third kappa shape index (κ3) is 4.08. The number of thioether (sulfide) groups is 1. The van der Waals surface area contributed by atoms with E-state index in [1.54, 1.807) is 23.9 Å². The van der Waals surface area contributed by atoms with Crippen LogP contribution in [0.5, 0.6) is 0 Å². The molecule has 0 saturated carbocycles. The summed E-state index contributed by atoms with van der Waals surface area (Å²) in [6.07, 6.45) is 1.74. The lowest BCUT2D eigenvalue weighted by molar-refractivity contribution is 0.626. The molecule has 20 heavy (non-hydrogen) atoms. The van der Waals surface area contributed by atoms with Crippen LogP contribution in [0.2, 0.25) is 0 Å². The minimum atomic E-state index is -0.208. The largest absolute Gasteiger partial charge is 0.327 e. The highest BCUT2D eigenvalue weighted by Gasteiger charge is 2.10. The maximum atomic E-state index is 12.8. The molecule has 2 rings (SSSR count). The highest BCUT2D eigenvalue weighted by atomic mass is 32.2. The van der Waals surface area contributed by atoms with Gasteiger partial charge in [0.05, 0.1) is 5.69 Å². The Labute approximate surface area is 123 Å². The lowest BCUT2D eigenvalue weighted by atomic mass is 10.2. The molecule has 1 heterocycles. The summed E-state index contributed by atoms with van der Waals surface area (Å²) in [6.45, 7) is 2.09. The normalized spacial score (nSPS) is 12.6. The first-order valence-electron chi connectivity index (χ1n) is 6.74. The second kappa shape index (κ2) is 6.90. The molecule has 0 aliphatic rings. The first-order valence-corrected chi connectivity index (χ1v) is 7.72. The third-order valence-corrected chi connectivity index (χ3v) is 4.34. The van der Waals surface area contributed by atoms with Gasteiger partial charge < -0.3 is 5.73 Å². The Morgan fingerprint density at radius 3 is 2.65 bits per heavy atom. The van der Waals surface area contributed by atoms with Crippen LogP contribution in [0, 0.1) is 5.82 Å². The Bertz CT molecular complexity index is 551. The van der Waals surface area contributed by atoms with Gasteiger partial charge >= 0.3 is 0 Å². The predicted octanol–water partition coefficient (Wildman–Crippen LogP) is 2.78. The summed E-state index contributed by atoms with van der Waals surface area (Å²) in [4.78, 5) is 1.04. The Morgan fingerprint density at radius 2 is 2.05 bits per heavy atom. The lowest BCUT2D eigenvalue weighted by Gasteiger charge is -2.11. The number of hydrogen-bond donors (Lipinski definition) is 1. The van der Waals surface area contributed by atoms with Crippen LogP contribution >= 0.6 is 11.8 Å². The number of aryl methyl sites for hydroxylation is 2. The molecule has 0 spiro atoms. The van der Waals surface area contributed by atoms with E-state index in [9.17, 15) is 4.39 Å². The summed E-state index contributed by atoms with van der Waals surface area (Å²) in [7, 11) is 1.95. The molecule has 1 aromatic carbocycles. The van der Waals surface area contributed by atoms with Gasteiger partial charge in [0.1, 0.15) is 5.82 Å². The van der Waals surface area contributed by atoms with E-state index in [0.717, 1.165) is 34.9 Å². The molecule has 0 amide bonds. The average Bonchev–Trinajstić information content (AvgIpc) is 2.79. The Morgan fingerprint density at radius 1 is 1.35 bits per heavy atom. The van der Waals surface area contributed by atoms with E-state index in [0.29, 0.717) is 0 Å². The summed E-state index contributed by atoms with van der Waals surface area (Å²) in [5.74, 6) is 0.596. The quantitative estimate of drug-likeness (QED) is 0.833. The van der Waals surface area contributed by atoms with Gasteiger partial charge in [0.25, 0.3) is 0 Å². The number of aromatic nitrogens is 2. The van der Waals surface area contributed by atoms with Crippen LogP contribution in [-0.2, 0) is 19.9 Å². The van der Waals surface area contributed by atoms with Crippen LogP contribution in [0.25, 0.3) is 0 Å². The lowest BCUT2D eigenvalue weighted by Crippen LogP contribution is -2.26. The van der Waals surface area contributed by atoms with Crippen LogP contribution in [0.4, 0.5) is 4.39 Å². The maximum Gasteiger partial charge on any atom is 0.123 e. The summed E-state index contributed by atoms with van der Waals surface area (Å²) >= 11 is 1.65. The van der Waals surface area contributed by atoms with E-state index < -0.39 is 0 Å². The van der Waals surface area contributed by atoms with Gasteiger partial charge in [0.15, 0.2) is 0 Å². The SMILES string of the molecule is CCc1cc(CC(N)CSc2ccc(F)cc2)n(C)n1. The predicted molar refractivity (Wildman–Crippen MR) is 81.4 cm³/mol. The highest BCUT2D eigenvalue weighted by molar-refractivity contribution is 7.99. The van der Waals surface area contributed by atoms with Crippen molar-refractivity contribution < 1.29 is 4.39 Å². The van der Waals surface area contributed by atoms with Gasteiger partial charge in [-0.15, -0.1) is 11.8 Å². The highest BCUT2D eigenvalue weighted by Crippen LogP contribution is 2.19. The van der Waals surface area contributed by atoms with E-state index in [1.165, 1.54) is 12.1 Å². The second-order valence-corrected chi connectivity index (χ2v) is 5.93. The minimum absolute atomic E-state index is 0.0603. The second-order valence-electron chi connectivity index (χ2n) is 4.83. The van der Waals surface area contributed by atoms with Crippen molar-refractivity contribution in [3.63, 3.8) is 0 Å². The Hall–Kier alpha value is -1.33. The van der Waals surface area contributed by atoms with E-state index in [1.807, 2.05) is 11.7 Å². The molecule has 5 heteroatoms. The minimum Gasteiger partial charge on any atom is -0.327 e. The number of halogens is 1. The number of benzene rings is 1. The summed E-state index contributed by atoms with van der Waals surface area (Å²) in [5, 5.41) is 4.42. The number of rotatable bonds is 6. The van der Waals surface area contributed by atoms with E-state index >= 15 is 0 Å². The van der Waals surface area contributed by atoms with Gasteiger partial charge in [-0.05, 0) is 36.8 Å². The smallest absolute Gasteiger partial charge is 0.123 e. The fourth-order valence-electron chi connectivity index (χ4n) is 2.00. The number of hydrogen-bond acceptors (Lipinski definition) is 3.